The fourth-order valence-electron chi connectivity index (χ4n) is 6.55. The zero-order valence-corrected chi connectivity index (χ0v) is 23.7. The second kappa shape index (κ2) is 10.0. The second-order valence-corrected chi connectivity index (χ2v) is 11.1. The van der Waals surface area contributed by atoms with Crippen molar-refractivity contribution in [1.29, 1.82) is 0 Å². The first-order valence-corrected chi connectivity index (χ1v) is 13.1. The molecule has 42 heavy (non-hydrogen) atoms. The predicted octanol–water partition coefficient (Wildman–Crippen LogP) is 1.27. The number of amides is 1. The lowest BCUT2D eigenvalue weighted by Crippen LogP contribution is -2.65. The first kappa shape index (κ1) is 28.9. The number of rotatable bonds is 6. The van der Waals surface area contributed by atoms with E-state index in [1.54, 1.807) is 51.3 Å². The number of Topliss-reactive ketones (excluding diaryl/α,β-unsaturated/α-hetero) is 2. The summed E-state index contributed by atoms with van der Waals surface area (Å²) in [7, 11) is 8.05. The zero-order chi connectivity index (χ0) is 30.8. The highest BCUT2D eigenvalue weighted by Crippen LogP contribution is 2.55. The van der Waals surface area contributed by atoms with Crippen LogP contribution >= 0.6 is 0 Å². The maximum atomic E-state index is 14.1. The molecule has 6 N–H and O–H groups in total. The Morgan fingerprint density at radius 2 is 1.88 bits per heavy atom. The number of aliphatic hydroxyl groups is 3. The number of carbonyl (C=O) groups excluding carboxylic acids is 3. The minimum absolute atomic E-state index is 0.00151. The van der Waals surface area contributed by atoms with E-state index in [1.165, 1.54) is 18.2 Å². The fraction of sp³-hybridized carbons (Fsp3) is 0.379. The van der Waals surface area contributed by atoms with Crippen LogP contribution in [0.2, 0.25) is 0 Å². The van der Waals surface area contributed by atoms with E-state index < -0.39 is 58.0 Å². The van der Waals surface area contributed by atoms with Gasteiger partial charge < -0.3 is 40.3 Å². The summed E-state index contributed by atoms with van der Waals surface area (Å²) in [5.74, 6) is -6.50. The van der Waals surface area contributed by atoms with Crippen LogP contribution in [0.25, 0.3) is 17.1 Å². The van der Waals surface area contributed by atoms with Gasteiger partial charge in [0.25, 0.3) is 5.91 Å². The number of likely N-dealkylation sites (N-methyl/N-ethyl adjacent to an activating group) is 1. The van der Waals surface area contributed by atoms with Crippen molar-refractivity contribution in [2.45, 2.75) is 24.5 Å². The molecular weight excluding hydrogens is 548 g/mol. The van der Waals surface area contributed by atoms with Crippen LogP contribution in [-0.4, -0.2) is 96.0 Å². The predicted molar refractivity (Wildman–Crippen MR) is 151 cm³/mol. The van der Waals surface area contributed by atoms with Gasteiger partial charge in [-0.2, -0.15) is 0 Å². The molecule has 0 aliphatic heterocycles. The van der Waals surface area contributed by atoms with Gasteiger partial charge in [-0.05, 0) is 56.6 Å². The van der Waals surface area contributed by atoms with Crippen LogP contribution in [0.1, 0.15) is 23.3 Å². The molecule has 13 nitrogen and oxygen atoms in total. The van der Waals surface area contributed by atoms with Crippen molar-refractivity contribution in [3.8, 4) is 17.1 Å². The van der Waals surface area contributed by atoms with E-state index in [0.29, 0.717) is 17.0 Å². The molecule has 13 heteroatoms. The summed E-state index contributed by atoms with van der Waals surface area (Å²) in [5, 5.41) is 49.6. The minimum atomic E-state index is -2.71. The molecule has 1 unspecified atom stereocenters. The van der Waals surface area contributed by atoms with Crippen LogP contribution in [0, 0.1) is 11.8 Å². The maximum absolute atomic E-state index is 14.1. The van der Waals surface area contributed by atoms with E-state index in [2.05, 4.69) is 9.99 Å². The summed E-state index contributed by atoms with van der Waals surface area (Å²) in [6.45, 7) is 0. The van der Waals surface area contributed by atoms with E-state index in [1.807, 2.05) is 0 Å². The van der Waals surface area contributed by atoms with Crippen LogP contribution < -0.4 is 10.6 Å². The van der Waals surface area contributed by atoms with Gasteiger partial charge in [0.15, 0.2) is 11.4 Å². The van der Waals surface area contributed by atoms with E-state index in [-0.39, 0.29) is 41.1 Å². The standard InChI is InChI=1S/C29H32N4O9/c1-32(2)17-10-15(18-7-6-13(42-18)11-31-41-5)23(34)20-14(17)8-12-9-16-22(33(3)4)25(36)21(28(30)39)27(38)29(16,40)26(37)19(12)24(20)35/h6-7,10-12,16,22,34-35,38,40H,8-9H2,1-5H3,(H2,30,39)/b31-11+/t12-,16-,22?,29-/m1/s1. The van der Waals surface area contributed by atoms with Crippen LogP contribution in [0.3, 0.4) is 0 Å². The zero-order valence-electron chi connectivity index (χ0n) is 23.7. The normalized spacial score (nSPS) is 25.5. The van der Waals surface area contributed by atoms with Gasteiger partial charge in [-0.3, -0.25) is 19.3 Å². The number of primary amides is 1. The summed E-state index contributed by atoms with van der Waals surface area (Å²) in [6.07, 6.45) is 1.51. The van der Waals surface area contributed by atoms with Crippen LogP contribution in [-0.2, 0) is 25.6 Å². The Balaban J connectivity index is 1.74. The van der Waals surface area contributed by atoms with Gasteiger partial charge in [0.1, 0.15) is 47.7 Å². The largest absolute Gasteiger partial charge is 0.508 e. The molecule has 1 fully saturated rings. The lowest BCUT2D eigenvalue weighted by Gasteiger charge is -2.50. The van der Waals surface area contributed by atoms with Crippen molar-refractivity contribution >= 4 is 35.1 Å². The number of hydrogen-bond donors (Lipinski definition) is 5. The molecule has 3 aliphatic carbocycles. The van der Waals surface area contributed by atoms with Crippen molar-refractivity contribution in [3.63, 3.8) is 0 Å². The Morgan fingerprint density at radius 3 is 2.48 bits per heavy atom. The molecule has 1 heterocycles. The van der Waals surface area contributed by atoms with Gasteiger partial charge in [0.05, 0.1) is 17.2 Å². The number of oxime groups is 1. The van der Waals surface area contributed by atoms with Gasteiger partial charge in [-0.1, -0.05) is 5.16 Å². The molecule has 1 aromatic heterocycles. The van der Waals surface area contributed by atoms with Gasteiger partial charge in [0.2, 0.25) is 5.78 Å². The number of phenolic OH excluding ortho intramolecular Hbond substituents is 1. The number of hydrogen-bond acceptors (Lipinski definition) is 12. The molecule has 1 saturated carbocycles. The third-order valence-electron chi connectivity index (χ3n) is 8.36. The monoisotopic (exact) mass is 580 g/mol. The number of furan rings is 1. The molecule has 0 bridgehead atoms. The van der Waals surface area contributed by atoms with Gasteiger partial charge >= 0.3 is 0 Å². The van der Waals surface area contributed by atoms with Crippen molar-refractivity contribution in [3.05, 3.63) is 52.0 Å². The van der Waals surface area contributed by atoms with E-state index in [9.17, 15) is 34.8 Å². The smallest absolute Gasteiger partial charge is 0.255 e. The fourth-order valence-corrected chi connectivity index (χ4v) is 6.55. The average molecular weight is 581 g/mol. The Morgan fingerprint density at radius 1 is 1.19 bits per heavy atom. The van der Waals surface area contributed by atoms with Crippen molar-refractivity contribution in [1.82, 2.24) is 4.90 Å². The number of ketones is 2. The number of phenols is 1. The first-order chi connectivity index (χ1) is 19.7. The van der Waals surface area contributed by atoms with Crippen molar-refractivity contribution < 1.29 is 44.1 Å². The average Bonchev–Trinajstić information content (AvgIpc) is 3.37. The molecule has 3 aliphatic rings. The number of aromatic hydroxyl groups is 1. The number of benzene rings is 1. The topological polar surface area (TPSA) is 199 Å². The highest BCUT2D eigenvalue weighted by atomic mass is 16.6. The summed E-state index contributed by atoms with van der Waals surface area (Å²) in [6, 6.07) is 3.75. The van der Waals surface area contributed by atoms with E-state index in [4.69, 9.17) is 10.2 Å². The minimum Gasteiger partial charge on any atom is -0.508 e. The van der Waals surface area contributed by atoms with Crippen LogP contribution in [0.15, 0.2) is 44.7 Å². The van der Waals surface area contributed by atoms with Gasteiger partial charge in [-0.25, -0.2) is 0 Å². The molecule has 0 saturated heterocycles. The third-order valence-corrected chi connectivity index (χ3v) is 8.36. The quantitative estimate of drug-likeness (QED) is 0.187. The Labute approximate surface area is 240 Å². The maximum Gasteiger partial charge on any atom is 0.255 e. The number of nitrogens with zero attached hydrogens (tertiary/aromatic N) is 3. The molecule has 1 amide bonds. The third kappa shape index (κ3) is 3.99. The Kier molecular flexibility index (Phi) is 6.90. The number of fused-ring (bicyclic) bond motifs is 3. The Hall–Kier alpha value is -4.62. The molecule has 0 spiro atoms. The molecule has 1 aromatic carbocycles. The van der Waals surface area contributed by atoms with Crippen LogP contribution in [0.4, 0.5) is 5.69 Å². The van der Waals surface area contributed by atoms with E-state index >= 15 is 0 Å². The highest BCUT2D eigenvalue weighted by Gasteiger charge is 2.64. The molecular formula is C29H32N4O9. The summed E-state index contributed by atoms with van der Waals surface area (Å²) < 4.78 is 5.79. The summed E-state index contributed by atoms with van der Waals surface area (Å²) >= 11 is 0. The lowest BCUT2D eigenvalue weighted by atomic mass is 9.57. The molecule has 222 valence electrons. The van der Waals surface area contributed by atoms with Crippen molar-refractivity contribution in [2.75, 3.05) is 40.2 Å². The second-order valence-electron chi connectivity index (χ2n) is 11.1. The number of carbonyl (C=O) groups is 3. The summed E-state index contributed by atoms with van der Waals surface area (Å²) in [4.78, 5) is 47.5. The highest BCUT2D eigenvalue weighted by molar-refractivity contribution is 6.24. The molecule has 0 radical (unpaired) electrons. The first-order valence-electron chi connectivity index (χ1n) is 13.1. The molecule has 4 atom stereocenters. The van der Waals surface area contributed by atoms with E-state index in [0.717, 1.165) is 0 Å². The van der Waals surface area contributed by atoms with Gasteiger partial charge in [-0.15, -0.1) is 0 Å². The lowest BCUT2D eigenvalue weighted by molar-refractivity contribution is -0.153. The van der Waals surface area contributed by atoms with Gasteiger partial charge in [0, 0.05) is 31.3 Å². The van der Waals surface area contributed by atoms with Crippen LogP contribution in [0.5, 0.6) is 5.75 Å². The SMILES string of the molecule is CO/N=C/c1ccc(-c2cc(N(C)C)c3c(c2O)C(O)=C2C(=O)[C@@]4(O)C(O)=C(C(N)=O)C(=O)C(N(C)C)[C@H]4C[C@H]2C3)o1. The number of nitrogens with two attached hydrogens (primary N) is 1. The number of aliphatic hydroxyl groups excluding tert-OH is 2. The number of anilines is 1. The Bertz CT molecular complexity index is 1620. The molecule has 2 aromatic rings. The molecule has 5 rings (SSSR count). The van der Waals surface area contributed by atoms with Crippen molar-refractivity contribution in [2.24, 2.45) is 22.7 Å². The summed E-state index contributed by atoms with van der Waals surface area (Å²) in [5.41, 5.74) is 2.94.